The van der Waals surface area contributed by atoms with Crippen molar-refractivity contribution >= 4 is 11.8 Å². The molecule has 1 aliphatic heterocycles. The minimum atomic E-state index is 0.00322. The van der Waals surface area contributed by atoms with E-state index in [1.165, 1.54) is 0 Å². The van der Waals surface area contributed by atoms with Crippen LogP contribution in [0.5, 0.6) is 0 Å². The zero-order chi connectivity index (χ0) is 17.8. The van der Waals surface area contributed by atoms with Gasteiger partial charge in [-0.2, -0.15) is 0 Å². The van der Waals surface area contributed by atoms with Gasteiger partial charge in [-0.3, -0.25) is 9.59 Å². The lowest BCUT2D eigenvalue weighted by molar-refractivity contribution is -0.134. The molecule has 25 heavy (non-hydrogen) atoms. The molecule has 0 aliphatic carbocycles. The van der Waals surface area contributed by atoms with Crippen molar-refractivity contribution in [3.05, 3.63) is 54.4 Å². The lowest BCUT2D eigenvalue weighted by Crippen LogP contribution is -2.38. The van der Waals surface area contributed by atoms with Crippen molar-refractivity contribution in [1.29, 1.82) is 0 Å². The van der Waals surface area contributed by atoms with Crippen molar-refractivity contribution in [2.45, 2.75) is 20.3 Å². The molecule has 0 N–H and O–H groups in total. The van der Waals surface area contributed by atoms with Gasteiger partial charge in [-0.25, -0.2) is 0 Å². The Kier molecular flexibility index (Phi) is 5.22. The molecule has 1 saturated heterocycles. The SMILES string of the molecule is CC(C)C(=O)N1CCCN(C(=O)c2ccc(-n3cccc3)cc2)CC1. The predicted molar refractivity (Wildman–Crippen MR) is 97.7 cm³/mol. The average Bonchev–Trinajstić information content (AvgIpc) is 3.05. The Morgan fingerprint density at radius 2 is 1.48 bits per heavy atom. The normalized spacial score (nSPS) is 15.3. The van der Waals surface area contributed by atoms with E-state index in [-0.39, 0.29) is 17.7 Å². The molecule has 0 unspecified atom stereocenters. The molecule has 1 fully saturated rings. The van der Waals surface area contributed by atoms with Gasteiger partial charge >= 0.3 is 0 Å². The zero-order valence-corrected chi connectivity index (χ0v) is 14.9. The summed E-state index contributed by atoms with van der Waals surface area (Å²) in [7, 11) is 0. The number of hydrogen-bond donors (Lipinski definition) is 0. The third kappa shape index (κ3) is 3.92. The van der Waals surface area contributed by atoms with Crippen LogP contribution in [0, 0.1) is 5.92 Å². The van der Waals surface area contributed by atoms with Crippen LogP contribution in [0.25, 0.3) is 5.69 Å². The summed E-state index contributed by atoms with van der Waals surface area (Å²) in [5, 5.41) is 0. The van der Waals surface area contributed by atoms with Crippen LogP contribution in [-0.2, 0) is 4.79 Å². The number of rotatable bonds is 3. The monoisotopic (exact) mass is 339 g/mol. The molecule has 1 aromatic heterocycles. The fourth-order valence-corrected chi connectivity index (χ4v) is 3.17. The highest BCUT2D eigenvalue weighted by atomic mass is 16.2. The standard InChI is InChI=1S/C20H25N3O2/c1-16(2)19(24)22-12-5-13-23(15-14-22)20(25)17-6-8-18(9-7-17)21-10-3-4-11-21/h3-4,6-11,16H,5,12-15H2,1-2H3. The van der Waals surface area contributed by atoms with Gasteiger partial charge in [0.25, 0.3) is 5.91 Å². The summed E-state index contributed by atoms with van der Waals surface area (Å²) >= 11 is 0. The van der Waals surface area contributed by atoms with Crippen LogP contribution in [0.1, 0.15) is 30.6 Å². The van der Waals surface area contributed by atoms with E-state index in [1.54, 1.807) is 0 Å². The molecule has 5 nitrogen and oxygen atoms in total. The van der Waals surface area contributed by atoms with Crippen LogP contribution in [-0.4, -0.2) is 52.4 Å². The van der Waals surface area contributed by atoms with Crippen LogP contribution < -0.4 is 0 Å². The van der Waals surface area contributed by atoms with E-state index in [4.69, 9.17) is 0 Å². The molecule has 0 spiro atoms. The maximum absolute atomic E-state index is 12.8. The smallest absolute Gasteiger partial charge is 0.253 e. The second-order valence-corrected chi connectivity index (χ2v) is 6.76. The first-order valence-corrected chi connectivity index (χ1v) is 8.88. The lowest BCUT2D eigenvalue weighted by Gasteiger charge is -2.23. The first-order valence-electron chi connectivity index (χ1n) is 8.88. The van der Waals surface area contributed by atoms with E-state index in [1.807, 2.05) is 77.0 Å². The predicted octanol–water partition coefficient (Wildman–Crippen LogP) is 2.81. The van der Waals surface area contributed by atoms with E-state index in [0.717, 1.165) is 18.7 Å². The van der Waals surface area contributed by atoms with Crippen molar-refractivity contribution in [3.63, 3.8) is 0 Å². The Morgan fingerprint density at radius 1 is 0.880 bits per heavy atom. The molecular formula is C20H25N3O2. The van der Waals surface area contributed by atoms with E-state index in [0.29, 0.717) is 25.2 Å². The van der Waals surface area contributed by atoms with Gasteiger partial charge < -0.3 is 14.4 Å². The van der Waals surface area contributed by atoms with Crippen LogP contribution in [0.15, 0.2) is 48.8 Å². The van der Waals surface area contributed by atoms with Crippen LogP contribution in [0.3, 0.4) is 0 Å². The molecule has 0 atom stereocenters. The summed E-state index contributed by atoms with van der Waals surface area (Å²) < 4.78 is 2.01. The van der Waals surface area contributed by atoms with Crippen molar-refractivity contribution < 1.29 is 9.59 Å². The molecule has 0 radical (unpaired) electrons. The topological polar surface area (TPSA) is 45.6 Å². The van der Waals surface area contributed by atoms with Gasteiger partial charge in [0, 0.05) is 55.7 Å². The summed E-state index contributed by atoms with van der Waals surface area (Å²) in [5.74, 6) is 0.215. The number of amides is 2. The second kappa shape index (κ2) is 7.55. The maximum Gasteiger partial charge on any atom is 0.253 e. The highest BCUT2D eigenvalue weighted by Crippen LogP contribution is 2.14. The largest absolute Gasteiger partial charge is 0.341 e. The summed E-state index contributed by atoms with van der Waals surface area (Å²) in [4.78, 5) is 28.7. The summed E-state index contributed by atoms with van der Waals surface area (Å²) in [6, 6.07) is 11.6. The lowest BCUT2D eigenvalue weighted by atomic mass is 10.1. The molecule has 2 heterocycles. The van der Waals surface area contributed by atoms with E-state index >= 15 is 0 Å². The van der Waals surface area contributed by atoms with Crippen molar-refractivity contribution in [2.75, 3.05) is 26.2 Å². The van der Waals surface area contributed by atoms with Gasteiger partial charge in [-0.05, 0) is 42.8 Å². The Morgan fingerprint density at radius 3 is 2.12 bits per heavy atom. The van der Waals surface area contributed by atoms with Crippen molar-refractivity contribution in [1.82, 2.24) is 14.4 Å². The summed E-state index contributed by atoms with van der Waals surface area (Å²) in [5.41, 5.74) is 1.73. The third-order valence-corrected chi connectivity index (χ3v) is 4.61. The Hall–Kier alpha value is -2.56. The van der Waals surface area contributed by atoms with Crippen LogP contribution in [0.4, 0.5) is 0 Å². The number of nitrogens with zero attached hydrogens (tertiary/aromatic N) is 3. The van der Waals surface area contributed by atoms with Crippen LogP contribution >= 0.6 is 0 Å². The number of hydrogen-bond acceptors (Lipinski definition) is 2. The number of carbonyl (C=O) groups excluding carboxylic acids is 2. The average molecular weight is 339 g/mol. The van der Waals surface area contributed by atoms with Gasteiger partial charge in [-0.1, -0.05) is 13.8 Å². The second-order valence-electron chi connectivity index (χ2n) is 6.76. The van der Waals surface area contributed by atoms with Gasteiger partial charge in [0.15, 0.2) is 0 Å². The van der Waals surface area contributed by atoms with Gasteiger partial charge in [0.1, 0.15) is 0 Å². The van der Waals surface area contributed by atoms with Crippen LogP contribution in [0.2, 0.25) is 0 Å². The van der Waals surface area contributed by atoms with Gasteiger partial charge in [-0.15, -0.1) is 0 Å². The highest BCUT2D eigenvalue weighted by Gasteiger charge is 2.23. The summed E-state index contributed by atoms with van der Waals surface area (Å²) in [6.45, 7) is 6.47. The number of aromatic nitrogens is 1. The first kappa shape index (κ1) is 17.3. The van der Waals surface area contributed by atoms with Crippen molar-refractivity contribution in [2.24, 2.45) is 5.92 Å². The molecule has 1 aromatic carbocycles. The quantitative estimate of drug-likeness (QED) is 0.863. The number of benzene rings is 1. The molecular weight excluding hydrogens is 314 g/mol. The minimum absolute atomic E-state index is 0.00322. The molecule has 1 aliphatic rings. The van der Waals surface area contributed by atoms with E-state index < -0.39 is 0 Å². The third-order valence-electron chi connectivity index (χ3n) is 4.61. The zero-order valence-electron chi connectivity index (χ0n) is 14.9. The van der Waals surface area contributed by atoms with E-state index in [2.05, 4.69) is 0 Å². The molecule has 0 bridgehead atoms. The van der Waals surface area contributed by atoms with Crippen molar-refractivity contribution in [3.8, 4) is 5.69 Å². The molecule has 132 valence electrons. The van der Waals surface area contributed by atoms with Gasteiger partial charge in [0.2, 0.25) is 5.91 Å². The molecule has 5 heteroatoms. The minimum Gasteiger partial charge on any atom is -0.341 e. The Labute approximate surface area is 148 Å². The molecule has 0 saturated carbocycles. The van der Waals surface area contributed by atoms with Gasteiger partial charge in [0.05, 0.1) is 0 Å². The summed E-state index contributed by atoms with van der Waals surface area (Å²) in [6.07, 6.45) is 4.78. The Bertz CT molecular complexity index is 720. The number of carbonyl (C=O) groups is 2. The molecule has 2 aromatic rings. The highest BCUT2D eigenvalue weighted by molar-refractivity contribution is 5.94. The molecule has 3 rings (SSSR count). The van der Waals surface area contributed by atoms with E-state index in [9.17, 15) is 9.59 Å². The maximum atomic E-state index is 12.8. The Balaban J connectivity index is 1.66. The first-order chi connectivity index (χ1) is 12.1. The fourth-order valence-electron chi connectivity index (χ4n) is 3.17. The molecule has 2 amide bonds. The fraction of sp³-hybridized carbons (Fsp3) is 0.400.